The van der Waals surface area contributed by atoms with Crippen molar-refractivity contribution in [2.45, 2.75) is 31.9 Å². The summed E-state index contributed by atoms with van der Waals surface area (Å²) in [7, 11) is 0. The Morgan fingerprint density at radius 2 is 2.12 bits per heavy atom. The number of nitrogens with two attached hydrogens (primary N) is 1. The minimum absolute atomic E-state index is 0.257. The van der Waals surface area contributed by atoms with Crippen molar-refractivity contribution in [1.29, 1.82) is 0 Å². The third-order valence-electron chi connectivity index (χ3n) is 3.97. The van der Waals surface area contributed by atoms with E-state index in [4.69, 9.17) is 10.5 Å². The van der Waals surface area contributed by atoms with Crippen molar-refractivity contribution in [2.24, 2.45) is 10.7 Å². The van der Waals surface area contributed by atoms with Crippen LogP contribution in [0, 0.1) is 17.7 Å². The molecule has 1 aliphatic rings. The molecule has 26 heavy (non-hydrogen) atoms. The lowest BCUT2D eigenvalue weighted by molar-refractivity contribution is 0.152. The highest BCUT2D eigenvalue weighted by Crippen LogP contribution is 2.45. The predicted molar refractivity (Wildman–Crippen MR) is 92.0 cm³/mol. The SMILES string of the molecule is CC#Cc1cncc(-c2ccc(F)c([C@H]3C[C@H]3OC(N)=NC(F)F)c2)c1. The second kappa shape index (κ2) is 7.48. The van der Waals surface area contributed by atoms with Gasteiger partial charge in [-0.05, 0) is 42.7 Å². The standard InChI is InChI=1S/C19H16F3N3O/c1-2-3-11-6-13(10-24-9-11)12-4-5-16(20)14(7-12)15-8-17(15)26-19(23)25-18(21)22/h4-7,9-10,15,17-18H,8H2,1H3,(H2,23,25)/t15-,17-/m1/s1. The average Bonchev–Trinajstić information content (AvgIpc) is 3.33. The highest BCUT2D eigenvalue weighted by molar-refractivity contribution is 5.72. The predicted octanol–water partition coefficient (Wildman–Crippen LogP) is 3.67. The van der Waals surface area contributed by atoms with Crippen LogP contribution in [0.1, 0.15) is 30.4 Å². The van der Waals surface area contributed by atoms with Gasteiger partial charge in [-0.3, -0.25) is 4.98 Å². The Bertz CT molecular complexity index is 902. The maximum Gasteiger partial charge on any atom is 0.336 e. The number of ether oxygens (including phenoxy) is 1. The van der Waals surface area contributed by atoms with Crippen LogP contribution in [0.2, 0.25) is 0 Å². The summed E-state index contributed by atoms with van der Waals surface area (Å²) in [6.07, 6.45) is 3.35. The summed E-state index contributed by atoms with van der Waals surface area (Å²) in [4.78, 5) is 6.97. The van der Waals surface area contributed by atoms with Gasteiger partial charge in [0.15, 0.2) is 0 Å². The lowest BCUT2D eigenvalue weighted by Gasteiger charge is -2.08. The molecule has 0 saturated heterocycles. The van der Waals surface area contributed by atoms with Crippen LogP contribution in [0.3, 0.4) is 0 Å². The normalized spacial score (nSPS) is 19.0. The monoisotopic (exact) mass is 359 g/mol. The summed E-state index contributed by atoms with van der Waals surface area (Å²) in [5.41, 5.74) is 8.10. The second-order valence-corrected chi connectivity index (χ2v) is 5.82. The molecule has 134 valence electrons. The Morgan fingerprint density at radius 3 is 2.85 bits per heavy atom. The fourth-order valence-electron chi connectivity index (χ4n) is 2.73. The molecule has 4 nitrogen and oxygen atoms in total. The van der Waals surface area contributed by atoms with E-state index in [1.54, 1.807) is 31.5 Å². The van der Waals surface area contributed by atoms with E-state index >= 15 is 0 Å². The van der Waals surface area contributed by atoms with Gasteiger partial charge in [-0.15, -0.1) is 5.92 Å². The summed E-state index contributed by atoms with van der Waals surface area (Å²) in [5, 5.41) is 0. The molecule has 1 fully saturated rings. The van der Waals surface area contributed by atoms with Crippen molar-refractivity contribution < 1.29 is 17.9 Å². The minimum atomic E-state index is -2.93. The number of pyridine rings is 1. The average molecular weight is 359 g/mol. The number of amidine groups is 1. The Morgan fingerprint density at radius 1 is 1.31 bits per heavy atom. The van der Waals surface area contributed by atoms with Crippen molar-refractivity contribution in [1.82, 2.24) is 4.98 Å². The highest BCUT2D eigenvalue weighted by atomic mass is 19.3. The Kier molecular flexibility index (Phi) is 5.12. The van der Waals surface area contributed by atoms with Gasteiger partial charge in [-0.25, -0.2) is 4.39 Å². The molecule has 1 aromatic carbocycles. The Hall–Kier alpha value is -3.01. The molecule has 0 spiro atoms. The molecule has 0 amide bonds. The third-order valence-corrected chi connectivity index (χ3v) is 3.97. The number of rotatable bonds is 4. The molecular formula is C19H16F3N3O. The summed E-state index contributed by atoms with van der Waals surface area (Å²) >= 11 is 0. The first-order valence-corrected chi connectivity index (χ1v) is 7.93. The van der Waals surface area contributed by atoms with Gasteiger partial charge in [0.25, 0.3) is 6.02 Å². The van der Waals surface area contributed by atoms with Gasteiger partial charge in [0.05, 0.1) is 0 Å². The minimum Gasteiger partial charge on any atom is -0.461 e. The summed E-state index contributed by atoms with van der Waals surface area (Å²) < 4.78 is 43.7. The molecule has 0 radical (unpaired) electrons. The molecule has 0 unspecified atom stereocenters. The fourth-order valence-corrected chi connectivity index (χ4v) is 2.73. The van der Waals surface area contributed by atoms with Gasteiger partial charge < -0.3 is 10.5 Å². The zero-order valence-corrected chi connectivity index (χ0v) is 13.9. The number of alkyl halides is 2. The molecule has 1 heterocycles. The summed E-state index contributed by atoms with van der Waals surface area (Å²) in [6.45, 7) is -1.20. The van der Waals surface area contributed by atoms with E-state index in [1.165, 1.54) is 6.07 Å². The first-order valence-electron chi connectivity index (χ1n) is 7.93. The van der Waals surface area contributed by atoms with Crippen LogP contribution in [0.5, 0.6) is 0 Å². The van der Waals surface area contributed by atoms with Crippen LogP contribution in [0.15, 0.2) is 41.7 Å². The fraction of sp³-hybridized carbons (Fsp3) is 0.263. The van der Waals surface area contributed by atoms with Crippen molar-refractivity contribution in [3.05, 3.63) is 53.6 Å². The number of hydrogen-bond acceptors (Lipinski definition) is 3. The Balaban J connectivity index is 1.81. The quantitative estimate of drug-likeness (QED) is 0.392. The molecular weight excluding hydrogens is 343 g/mol. The second-order valence-electron chi connectivity index (χ2n) is 5.82. The molecule has 1 saturated carbocycles. The number of aliphatic imine (C=N–C) groups is 1. The third kappa shape index (κ3) is 4.14. The van der Waals surface area contributed by atoms with Gasteiger partial charge in [0, 0.05) is 29.4 Å². The molecule has 1 aliphatic carbocycles. The van der Waals surface area contributed by atoms with Crippen molar-refractivity contribution in [3.8, 4) is 23.0 Å². The maximum absolute atomic E-state index is 14.2. The van der Waals surface area contributed by atoms with Gasteiger partial charge in [0.2, 0.25) is 0 Å². The lowest BCUT2D eigenvalue weighted by atomic mass is 10.0. The lowest BCUT2D eigenvalue weighted by Crippen LogP contribution is -2.19. The van der Waals surface area contributed by atoms with Crippen LogP contribution in [-0.2, 0) is 4.74 Å². The molecule has 0 aliphatic heterocycles. The molecule has 7 heteroatoms. The number of hydrogen-bond donors (Lipinski definition) is 1. The van der Waals surface area contributed by atoms with E-state index in [2.05, 4.69) is 21.8 Å². The molecule has 0 bridgehead atoms. The summed E-state index contributed by atoms with van der Waals surface area (Å²) in [5.74, 6) is 5.09. The van der Waals surface area contributed by atoms with Gasteiger partial charge in [-0.1, -0.05) is 12.0 Å². The zero-order valence-electron chi connectivity index (χ0n) is 13.9. The smallest absolute Gasteiger partial charge is 0.336 e. The molecule has 2 aromatic rings. The number of aromatic nitrogens is 1. The van der Waals surface area contributed by atoms with E-state index in [1.807, 2.05) is 6.07 Å². The van der Waals surface area contributed by atoms with E-state index in [0.29, 0.717) is 12.0 Å². The van der Waals surface area contributed by atoms with E-state index < -0.39 is 18.7 Å². The number of halogens is 3. The molecule has 2 N–H and O–H groups in total. The number of benzene rings is 1. The van der Waals surface area contributed by atoms with Crippen LogP contribution in [-0.4, -0.2) is 23.7 Å². The first kappa shape index (κ1) is 17.8. The van der Waals surface area contributed by atoms with Crippen LogP contribution in [0.25, 0.3) is 11.1 Å². The van der Waals surface area contributed by atoms with Crippen molar-refractivity contribution >= 4 is 6.02 Å². The van der Waals surface area contributed by atoms with Gasteiger partial charge in [-0.2, -0.15) is 13.8 Å². The highest BCUT2D eigenvalue weighted by Gasteiger charge is 2.43. The maximum atomic E-state index is 14.2. The zero-order chi connectivity index (χ0) is 18.7. The van der Waals surface area contributed by atoms with Crippen LogP contribution < -0.4 is 5.73 Å². The van der Waals surface area contributed by atoms with E-state index in [9.17, 15) is 13.2 Å². The topological polar surface area (TPSA) is 60.5 Å². The van der Waals surface area contributed by atoms with E-state index in [-0.39, 0.29) is 11.7 Å². The van der Waals surface area contributed by atoms with Crippen LogP contribution >= 0.6 is 0 Å². The van der Waals surface area contributed by atoms with Crippen LogP contribution in [0.4, 0.5) is 13.2 Å². The molecule has 2 atom stereocenters. The van der Waals surface area contributed by atoms with Gasteiger partial charge >= 0.3 is 6.55 Å². The molecule has 1 aromatic heterocycles. The molecule has 3 rings (SSSR count). The van der Waals surface area contributed by atoms with Crippen molar-refractivity contribution in [3.63, 3.8) is 0 Å². The van der Waals surface area contributed by atoms with E-state index in [0.717, 1.165) is 16.7 Å². The summed E-state index contributed by atoms with van der Waals surface area (Å²) in [6, 6.07) is 6.02. The first-order chi connectivity index (χ1) is 12.5. The van der Waals surface area contributed by atoms with Crippen molar-refractivity contribution in [2.75, 3.05) is 0 Å². The number of nitrogens with zero attached hydrogens (tertiary/aromatic N) is 2. The largest absolute Gasteiger partial charge is 0.461 e. The van der Waals surface area contributed by atoms with Gasteiger partial charge in [0.1, 0.15) is 11.9 Å². The Labute approximate surface area is 148 Å².